The molecule has 34 heavy (non-hydrogen) atoms. The number of sulfonamides is 1. The average molecular weight is 587 g/mol. The van der Waals surface area contributed by atoms with Crippen molar-refractivity contribution in [3.63, 3.8) is 0 Å². The second-order valence-electron chi connectivity index (χ2n) is 7.93. The molecular formula is C26H30ClN2O3RuS. The van der Waals surface area contributed by atoms with E-state index in [1.54, 1.807) is 0 Å². The third-order valence-corrected chi connectivity index (χ3v) is 5.90. The van der Waals surface area contributed by atoms with E-state index in [-0.39, 0.29) is 31.9 Å². The molecule has 8 heteroatoms. The molecule has 0 unspecified atom stereocenters. The van der Waals surface area contributed by atoms with Gasteiger partial charge in [0.1, 0.15) is 0 Å². The molecule has 183 valence electrons. The molecule has 3 rings (SSSR count). The first kappa shape index (κ1) is 31.2. The first-order valence-electron chi connectivity index (χ1n) is 10.7. The molecule has 0 amide bonds. The smallest absolute Gasteiger partial charge is 1.00 e. The topological polar surface area (TPSA) is 71.6 Å². The van der Waals surface area contributed by atoms with Gasteiger partial charge in [0.2, 0.25) is 0 Å². The Morgan fingerprint density at radius 2 is 1.41 bits per heavy atom. The van der Waals surface area contributed by atoms with Gasteiger partial charge in [0.05, 0.1) is 16.6 Å². The second kappa shape index (κ2) is 15.3. The summed E-state index contributed by atoms with van der Waals surface area (Å²) < 4.78 is 34.2. The summed E-state index contributed by atoms with van der Waals surface area (Å²) in [4.78, 5) is 0. The Hall–Kier alpha value is -0.817. The molecule has 7 radical (unpaired) electrons. The monoisotopic (exact) mass is 587 g/mol. The predicted molar refractivity (Wildman–Crippen MR) is 130 cm³/mol. The largest absolute Gasteiger partial charge is 3.00 e. The van der Waals surface area contributed by atoms with Gasteiger partial charge in [-0.25, -0.2) is 8.42 Å². The number of hydrogen-bond acceptors (Lipinski definition) is 3. The summed E-state index contributed by atoms with van der Waals surface area (Å²) in [5, 5.41) is 4.83. The van der Waals surface area contributed by atoms with Crippen LogP contribution in [0.5, 0.6) is 0 Å². The standard InChI is InChI=1S/C26H30N2O3S.ClH.Ru/c1-20-14-15-22(18-21(20)2)19-31-17-16-27-25(23-10-6-4-7-11-23)26(28-32(3,29)30)24-12-8-5-9-13-24;;/h4-15,18,25-26H,16-17,19H2,1-3H3;1H;/q-2;;+3/p-1/t25-,26-;;/m1../s1. The predicted octanol–water partition coefficient (Wildman–Crippen LogP) is 2.58. The van der Waals surface area contributed by atoms with Crippen molar-refractivity contribution >= 4 is 10.0 Å². The fraction of sp³-hybridized carbons (Fsp3) is 0.308. The summed E-state index contributed by atoms with van der Waals surface area (Å²) >= 11 is 0. The van der Waals surface area contributed by atoms with E-state index in [1.807, 2.05) is 60.7 Å². The molecule has 0 bridgehead atoms. The van der Waals surface area contributed by atoms with Crippen LogP contribution in [0.1, 0.15) is 37.1 Å². The fourth-order valence-corrected chi connectivity index (χ4v) is 4.18. The van der Waals surface area contributed by atoms with Gasteiger partial charge in [0.15, 0.2) is 0 Å². The molecule has 2 aromatic carbocycles. The minimum Gasteiger partial charge on any atom is -1.00 e. The van der Waals surface area contributed by atoms with Crippen LogP contribution < -0.4 is 12.4 Å². The molecular weight excluding hydrogens is 557 g/mol. The Bertz CT molecular complexity index is 918. The van der Waals surface area contributed by atoms with E-state index in [1.165, 1.54) is 11.8 Å². The molecule has 0 saturated heterocycles. The van der Waals surface area contributed by atoms with Gasteiger partial charge in [-0.15, -0.1) is 18.6 Å². The Labute approximate surface area is 225 Å². The number of rotatable bonds is 11. The number of halogens is 1. The molecule has 0 heterocycles. The van der Waals surface area contributed by atoms with Crippen molar-refractivity contribution in [1.82, 2.24) is 0 Å². The second-order valence-corrected chi connectivity index (χ2v) is 9.60. The molecule has 0 N–H and O–H groups in total. The summed E-state index contributed by atoms with van der Waals surface area (Å²) in [6.07, 6.45) is 7.43. The number of ether oxygens (including phenoxy) is 1. The van der Waals surface area contributed by atoms with Crippen LogP contribution in [0, 0.1) is 37.0 Å². The molecule has 1 saturated carbocycles. The summed E-state index contributed by atoms with van der Waals surface area (Å²) in [6, 6.07) is 18.1. The maximum atomic E-state index is 12.1. The molecule has 2 atom stereocenters. The summed E-state index contributed by atoms with van der Waals surface area (Å²) in [7, 11) is -3.57. The molecule has 1 aliphatic carbocycles. The first-order chi connectivity index (χ1) is 15.3. The van der Waals surface area contributed by atoms with Crippen LogP contribution in [-0.2, 0) is 34.2 Å². The van der Waals surface area contributed by atoms with Crippen molar-refractivity contribution in [2.45, 2.75) is 25.9 Å². The van der Waals surface area contributed by atoms with Crippen LogP contribution in [0.25, 0.3) is 10.0 Å². The van der Waals surface area contributed by atoms with Crippen molar-refractivity contribution in [2.75, 3.05) is 26.0 Å². The van der Waals surface area contributed by atoms with Crippen LogP contribution in [0.3, 0.4) is 0 Å². The Kier molecular flexibility index (Phi) is 14.1. The molecule has 0 spiro atoms. The van der Waals surface area contributed by atoms with Gasteiger partial charge in [0, 0.05) is 18.8 Å². The van der Waals surface area contributed by atoms with Crippen molar-refractivity contribution in [3.8, 4) is 0 Å². The van der Waals surface area contributed by atoms with Crippen LogP contribution in [0.15, 0.2) is 60.7 Å². The third kappa shape index (κ3) is 10.0. The van der Waals surface area contributed by atoms with E-state index in [4.69, 9.17) is 10.1 Å². The SMILES string of the molecule is C[C]1[CH][CH][C](COCC[N-][C@H](c2ccccc2)[C@H]([N-]S(C)(=O)=O)c2ccccc2)[CH][C]1C.[Cl-].[Ru+3]. The first-order valence-corrected chi connectivity index (χ1v) is 12.5. The summed E-state index contributed by atoms with van der Waals surface area (Å²) in [6.45, 7) is 5.58. The van der Waals surface area contributed by atoms with Crippen molar-refractivity contribution < 1.29 is 45.0 Å². The molecule has 0 aromatic heterocycles. The molecule has 1 fully saturated rings. The molecule has 5 nitrogen and oxygen atoms in total. The normalized spacial score (nSPS) is 17.4. The van der Waals surface area contributed by atoms with Crippen molar-refractivity contribution in [1.29, 1.82) is 0 Å². The van der Waals surface area contributed by atoms with Gasteiger partial charge in [-0.3, -0.25) is 0 Å². The Morgan fingerprint density at radius 1 is 0.853 bits per heavy atom. The van der Waals surface area contributed by atoms with Gasteiger partial charge >= 0.3 is 19.5 Å². The van der Waals surface area contributed by atoms with Crippen LogP contribution in [-0.4, -0.2) is 34.4 Å². The quantitative estimate of drug-likeness (QED) is 0.300. The Balaban J connectivity index is 0.00000289. The number of nitrogens with zero attached hydrogens (tertiary/aromatic N) is 2. The minimum absolute atomic E-state index is 0. The van der Waals surface area contributed by atoms with E-state index >= 15 is 0 Å². The van der Waals surface area contributed by atoms with Gasteiger partial charge in [-0.2, -0.15) is 0 Å². The molecule has 0 aliphatic heterocycles. The zero-order valence-electron chi connectivity index (χ0n) is 19.5. The minimum atomic E-state index is -3.57. The molecule has 2 aromatic rings. The van der Waals surface area contributed by atoms with Gasteiger partial charge in [0.25, 0.3) is 0 Å². The van der Waals surface area contributed by atoms with Crippen LogP contribution in [0.2, 0.25) is 0 Å². The van der Waals surface area contributed by atoms with Gasteiger partial charge in [-0.1, -0.05) is 85.6 Å². The van der Waals surface area contributed by atoms with Crippen LogP contribution in [0.4, 0.5) is 0 Å². The van der Waals surface area contributed by atoms with E-state index in [2.05, 4.69) is 37.8 Å². The van der Waals surface area contributed by atoms with E-state index in [0.29, 0.717) is 19.8 Å². The summed E-state index contributed by atoms with van der Waals surface area (Å²) in [5.74, 6) is 3.63. The zero-order chi connectivity index (χ0) is 23.0. The van der Waals surface area contributed by atoms with E-state index in [0.717, 1.165) is 23.3 Å². The van der Waals surface area contributed by atoms with Gasteiger partial charge < -0.3 is 27.2 Å². The fourth-order valence-electron chi connectivity index (χ4n) is 3.53. The molecule has 1 aliphatic rings. The van der Waals surface area contributed by atoms with Crippen molar-refractivity contribution in [3.05, 3.63) is 119 Å². The average Bonchev–Trinajstić information content (AvgIpc) is 2.78. The van der Waals surface area contributed by atoms with Crippen LogP contribution >= 0.6 is 0 Å². The van der Waals surface area contributed by atoms with Gasteiger partial charge in [-0.05, 0) is 31.1 Å². The maximum absolute atomic E-state index is 12.1. The van der Waals surface area contributed by atoms with E-state index in [9.17, 15) is 8.42 Å². The number of hydrogen-bond donors (Lipinski definition) is 0. The number of benzene rings is 2. The Morgan fingerprint density at radius 3 is 1.94 bits per heavy atom. The van der Waals surface area contributed by atoms with E-state index < -0.39 is 22.1 Å². The summed E-state index contributed by atoms with van der Waals surface area (Å²) in [5.41, 5.74) is 1.73. The maximum Gasteiger partial charge on any atom is 3.00 e. The van der Waals surface area contributed by atoms with Crippen molar-refractivity contribution in [2.24, 2.45) is 0 Å². The third-order valence-electron chi connectivity index (χ3n) is 5.29. The zero-order valence-corrected chi connectivity index (χ0v) is 22.9.